The zero-order valence-corrected chi connectivity index (χ0v) is 7.55. The first-order chi connectivity index (χ1) is 5.87. The summed E-state index contributed by atoms with van der Waals surface area (Å²) in [5, 5.41) is 2.34. The number of ether oxygens (including phenoxy) is 1. The summed E-state index contributed by atoms with van der Waals surface area (Å²) >= 11 is 0. The number of nitrogens with zero attached hydrogens (tertiary/aromatic N) is 1. The predicted molar refractivity (Wildman–Crippen MR) is 45.5 cm³/mol. The molecule has 0 amide bonds. The van der Waals surface area contributed by atoms with E-state index in [1.165, 1.54) is 25.9 Å². The lowest BCUT2D eigenvalue weighted by Gasteiger charge is -2.32. The first kappa shape index (κ1) is 7.30. The Bertz CT molecular complexity index is 197. The molecule has 2 heterocycles. The molecule has 0 aromatic rings. The Hall–Kier alpha value is -0.120. The molecule has 3 rings (SSSR count). The summed E-state index contributed by atoms with van der Waals surface area (Å²) in [6.45, 7) is 3.44. The first-order valence-corrected chi connectivity index (χ1v) is 4.91. The standard InChI is InChI=1S/C9H16N2O/c1-10-11-4-2-3-9(6-11)7-5-12-8(7)9/h7-8,10H,2-6H2,1H3/t7?,8-,9-/m1/s1. The average Bonchev–Trinajstić information content (AvgIpc) is 2.43. The highest BCUT2D eigenvalue weighted by molar-refractivity contribution is 5.19. The van der Waals surface area contributed by atoms with Crippen LogP contribution in [0.3, 0.4) is 0 Å². The summed E-state index contributed by atoms with van der Waals surface area (Å²) in [5.41, 5.74) is 3.82. The van der Waals surface area contributed by atoms with Crippen molar-refractivity contribution in [2.75, 3.05) is 26.7 Å². The van der Waals surface area contributed by atoms with E-state index in [0.29, 0.717) is 11.5 Å². The van der Waals surface area contributed by atoms with Gasteiger partial charge in [-0.2, -0.15) is 0 Å². The first-order valence-electron chi connectivity index (χ1n) is 4.91. The zero-order valence-electron chi connectivity index (χ0n) is 7.55. The average molecular weight is 168 g/mol. The second-order valence-corrected chi connectivity index (χ2v) is 4.34. The fraction of sp³-hybridized carbons (Fsp3) is 1.00. The molecular formula is C9H16N2O. The summed E-state index contributed by atoms with van der Waals surface area (Å²) in [7, 11) is 2.02. The highest BCUT2D eigenvalue weighted by Gasteiger charge is 2.71. The van der Waals surface area contributed by atoms with Crippen LogP contribution in [-0.2, 0) is 4.74 Å². The molecule has 12 heavy (non-hydrogen) atoms. The van der Waals surface area contributed by atoms with Crippen LogP contribution in [0.25, 0.3) is 0 Å². The molecule has 2 saturated heterocycles. The van der Waals surface area contributed by atoms with Crippen molar-refractivity contribution < 1.29 is 4.74 Å². The third-order valence-electron chi connectivity index (χ3n) is 3.89. The van der Waals surface area contributed by atoms with Gasteiger partial charge in [0.05, 0.1) is 12.7 Å². The number of hydrazine groups is 1. The van der Waals surface area contributed by atoms with Gasteiger partial charge in [-0.1, -0.05) is 0 Å². The topological polar surface area (TPSA) is 24.5 Å². The highest BCUT2D eigenvalue weighted by atomic mass is 16.5. The van der Waals surface area contributed by atoms with E-state index < -0.39 is 0 Å². The van der Waals surface area contributed by atoms with Crippen molar-refractivity contribution in [3.05, 3.63) is 0 Å². The Morgan fingerprint density at radius 3 is 3.00 bits per heavy atom. The van der Waals surface area contributed by atoms with E-state index in [-0.39, 0.29) is 0 Å². The lowest BCUT2D eigenvalue weighted by atomic mass is 9.94. The van der Waals surface area contributed by atoms with Crippen LogP contribution in [0.1, 0.15) is 12.8 Å². The molecule has 0 bridgehead atoms. The summed E-state index contributed by atoms with van der Waals surface area (Å²) in [4.78, 5) is 0. The molecule has 1 unspecified atom stereocenters. The minimum absolute atomic E-state index is 0.571. The third-order valence-corrected chi connectivity index (χ3v) is 3.89. The molecule has 3 nitrogen and oxygen atoms in total. The van der Waals surface area contributed by atoms with Gasteiger partial charge in [0.2, 0.25) is 0 Å². The Morgan fingerprint density at radius 2 is 2.42 bits per heavy atom. The molecule has 1 N–H and O–H groups in total. The lowest BCUT2D eigenvalue weighted by molar-refractivity contribution is 0.0160. The maximum atomic E-state index is 5.54. The molecule has 0 radical (unpaired) electrons. The molecule has 1 aliphatic carbocycles. The SMILES string of the molecule is CNN1CCC[C@@]2(C1)C1CO[C@H]12. The van der Waals surface area contributed by atoms with Crippen molar-refractivity contribution in [2.24, 2.45) is 11.3 Å². The Kier molecular flexibility index (Phi) is 1.35. The van der Waals surface area contributed by atoms with Crippen LogP contribution in [0.4, 0.5) is 0 Å². The number of piperidine rings is 1. The molecule has 1 saturated carbocycles. The van der Waals surface area contributed by atoms with E-state index in [1.807, 2.05) is 7.05 Å². The van der Waals surface area contributed by atoms with Gasteiger partial charge >= 0.3 is 0 Å². The lowest BCUT2D eigenvalue weighted by Crippen LogP contribution is -2.44. The predicted octanol–water partition coefficient (Wildman–Crippen LogP) is 0.232. The molecule has 0 aromatic carbocycles. The maximum absolute atomic E-state index is 5.54. The van der Waals surface area contributed by atoms with E-state index in [9.17, 15) is 0 Å². The van der Waals surface area contributed by atoms with Crippen LogP contribution in [-0.4, -0.2) is 37.9 Å². The van der Waals surface area contributed by atoms with Crippen molar-refractivity contribution in [2.45, 2.75) is 18.9 Å². The van der Waals surface area contributed by atoms with Gasteiger partial charge in [0.25, 0.3) is 0 Å². The van der Waals surface area contributed by atoms with E-state index in [2.05, 4.69) is 10.4 Å². The number of rotatable bonds is 1. The van der Waals surface area contributed by atoms with Crippen LogP contribution in [0.15, 0.2) is 0 Å². The van der Waals surface area contributed by atoms with Gasteiger partial charge in [0, 0.05) is 24.4 Å². The minimum atomic E-state index is 0.571. The van der Waals surface area contributed by atoms with Crippen molar-refractivity contribution in [3.63, 3.8) is 0 Å². The summed E-state index contributed by atoms with van der Waals surface area (Å²) in [6, 6.07) is 0. The molecule has 3 atom stereocenters. The maximum Gasteiger partial charge on any atom is 0.0705 e. The van der Waals surface area contributed by atoms with Gasteiger partial charge in [-0.3, -0.25) is 5.43 Å². The molecule has 68 valence electrons. The van der Waals surface area contributed by atoms with Crippen LogP contribution in [0, 0.1) is 11.3 Å². The van der Waals surface area contributed by atoms with Crippen LogP contribution in [0.5, 0.6) is 0 Å². The zero-order chi connectivity index (χ0) is 8.18. The van der Waals surface area contributed by atoms with Gasteiger partial charge in [-0.15, -0.1) is 0 Å². The Balaban J connectivity index is 1.72. The van der Waals surface area contributed by atoms with E-state index >= 15 is 0 Å². The monoisotopic (exact) mass is 168 g/mol. The molecule has 3 heteroatoms. The second-order valence-electron chi connectivity index (χ2n) is 4.34. The fourth-order valence-corrected chi connectivity index (χ4v) is 3.00. The number of hydrogen-bond donors (Lipinski definition) is 1. The largest absolute Gasteiger partial charge is 0.377 e. The number of nitrogens with one attached hydrogen (secondary N) is 1. The number of hydrogen-bond acceptors (Lipinski definition) is 3. The van der Waals surface area contributed by atoms with Crippen LogP contribution < -0.4 is 5.43 Å². The van der Waals surface area contributed by atoms with Gasteiger partial charge in [-0.25, -0.2) is 5.01 Å². The second kappa shape index (κ2) is 2.22. The van der Waals surface area contributed by atoms with Crippen LogP contribution >= 0.6 is 0 Å². The fourth-order valence-electron chi connectivity index (χ4n) is 3.00. The Morgan fingerprint density at radius 1 is 1.58 bits per heavy atom. The third kappa shape index (κ3) is 0.721. The molecule has 0 aromatic heterocycles. The minimum Gasteiger partial charge on any atom is -0.377 e. The molecule has 2 aliphatic heterocycles. The summed E-state index contributed by atoms with van der Waals surface area (Å²) in [6.07, 6.45) is 3.35. The Labute approximate surface area is 73.0 Å². The smallest absolute Gasteiger partial charge is 0.0705 e. The van der Waals surface area contributed by atoms with E-state index in [4.69, 9.17) is 4.74 Å². The molecule has 3 aliphatic rings. The van der Waals surface area contributed by atoms with Crippen molar-refractivity contribution in [1.29, 1.82) is 0 Å². The molecular weight excluding hydrogens is 152 g/mol. The van der Waals surface area contributed by atoms with E-state index in [0.717, 1.165) is 12.5 Å². The van der Waals surface area contributed by atoms with Gasteiger partial charge in [0.15, 0.2) is 0 Å². The van der Waals surface area contributed by atoms with E-state index in [1.54, 1.807) is 0 Å². The molecule has 3 fully saturated rings. The van der Waals surface area contributed by atoms with Crippen molar-refractivity contribution >= 4 is 0 Å². The van der Waals surface area contributed by atoms with Crippen molar-refractivity contribution in [1.82, 2.24) is 10.4 Å². The normalized spacial score (nSPS) is 51.8. The van der Waals surface area contributed by atoms with Gasteiger partial charge in [0.1, 0.15) is 0 Å². The highest BCUT2D eigenvalue weighted by Crippen LogP contribution is 2.65. The quantitative estimate of drug-likeness (QED) is 0.606. The summed E-state index contributed by atoms with van der Waals surface area (Å²) < 4.78 is 5.54. The molecule has 1 spiro atoms. The summed E-state index contributed by atoms with van der Waals surface area (Å²) in [5.74, 6) is 0.911. The van der Waals surface area contributed by atoms with Crippen LogP contribution in [0.2, 0.25) is 0 Å². The van der Waals surface area contributed by atoms with Crippen molar-refractivity contribution in [3.8, 4) is 0 Å². The number of fused-ring (bicyclic) bond motifs is 3. The van der Waals surface area contributed by atoms with Gasteiger partial charge in [-0.05, 0) is 19.9 Å². The van der Waals surface area contributed by atoms with Gasteiger partial charge < -0.3 is 4.74 Å².